The van der Waals surface area contributed by atoms with Gasteiger partial charge in [-0.3, -0.25) is 0 Å². The first-order valence-electron chi connectivity index (χ1n) is 3.89. The molecule has 5 rings (SSSR count). The lowest BCUT2D eigenvalue weighted by atomic mass is 10.2. The average Bonchev–Trinajstić information content (AvgIpc) is 2.51. The van der Waals surface area contributed by atoms with Crippen LogP contribution in [0.15, 0.2) is 23.3 Å². The van der Waals surface area contributed by atoms with E-state index in [2.05, 4.69) is 12.2 Å². The summed E-state index contributed by atoms with van der Waals surface area (Å²) in [6.45, 7) is 0. The zero-order valence-corrected chi connectivity index (χ0v) is 5.17. The molecule has 5 aliphatic rings. The molecule has 4 fully saturated rings. The van der Waals surface area contributed by atoms with E-state index in [0.717, 1.165) is 11.8 Å². The molecular weight excluding hydrogens is 108 g/mol. The normalized spacial score (nSPS) is 62.2. The van der Waals surface area contributed by atoms with Crippen molar-refractivity contribution in [3.05, 3.63) is 23.3 Å². The topological polar surface area (TPSA) is 0 Å². The van der Waals surface area contributed by atoms with Crippen LogP contribution in [-0.2, 0) is 0 Å². The van der Waals surface area contributed by atoms with Gasteiger partial charge in [0.05, 0.1) is 0 Å². The van der Waals surface area contributed by atoms with Gasteiger partial charge in [0, 0.05) is 0 Å². The Morgan fingerprint density at radius 2 is 1.56 bits per heavy atom. The molecule has 0 radical (unpaired) electrons. The van der Waals surface area contributed by atoms with Crippen LogP contribution in [0.5, 0.6) is 0 Å². The van der Waals surface area contributed by atoms with Gasteiger partial charge in [-0.2, -0.15) is 0 Å². The van der Waals surface area contributed by atoms with Crippen molar-refractivity contribution >= 4 is 0 Å². The summed E-state index contributed by atoms with van der Waals surface area (Å²) in [5.74, 6) is 4.51. The molecule has 0 aromatic rings. The molecule has 0 aromatic heterocycles. The van der Waals surface area contributed by atoms with E-state index in [0.29, 0.717) is 0 Å². The lowest BCUT2D eigenvalue weighted by Gasteiger charge is -1.88. The van der Waals surface area contributed by atoms with Gasteiger partial charge < -0.3 is 0 Å². The maximum atomic E-state index is 2.44. The molecule has 0 atom stereocenters. The van der Waals surface area contributed by atoms with Gasteiger partial charge in [0.1, 0.15) is 0 Å². The summed E-state index contributed by atoms with van der Waals surface area (Å²) in [7, 11) is 0. The highest BCUT2D eigenvalue weighted by molar-refractivity contribution is 5.61. The predicted molar refractivity (Wildman–Crippen MR) is 34.7 cm³/mol. The minimum absolute atomic E-state index is 1.09. The monoisotopic (exact) mass is 116 g/mol. The SMILES string of the molecule is C1=C2C(=CC1)C1C3C2C13. The van der Waals surface area contributed by atoms with Gasteiger partial charge in [0.2, 0.25) is 0 Å². The van der Waals surface area contributed by atoms with Gasteiger partial charge in [-0.1, -0.05) is 12.2 Å². The molecule has 0 N–H and O–H groups in total. The second-order valence-corrected chi connectivity index (χ2v) is 3.76. The fraction of sp³-hybridized carbons (Fsp3) is 0.556. The highest BCUT2D eigenvalue weighted by Crippen LogP contribution is 2.86. The van der Waals surface area contributed by atoms with Crippen molar-refractivity contribution in [2.75, 3.05) is 0 Å². The average molecular weight is 116 g/mol. The van der Waals surface area contributed by atoms with Gasteiger partial charge in [-0.05, 0) is 41.2 Å². The van der Waals surface area contributed by atoms with Crippen LogP contribution in [0.4, 0.5) is 0 Å². The zero-order valence-electron chi connectivity index (χ0n) is 5.17. The molecule has 0 amide bonds. The lowest BCUT2D eigenvalue weighted by molar-refractivity contribution is 0.692. The molecule has 0 unspecified atom stereocenters. The van der Waals surface area contributed by atoms with Gasteiger partial charge in [-0.25, -0.2) is 0 Å². The lowest BCUT2D eigenvalue weighted by Crippen LogP contribution is -1.82. The van der Waals surface area contributed by atoms with Crippen LogP contribution in [0.25, 0.3) is 0 Å². The molecule has 5 aliphatic carbocycles. The molecule has 44 valence electrons. The Labute approximate surface area is 54.3 Å². The Kier molecular flexibility index (Phi) is 0.300. The van der Waals surface area contributed by atoms with Crippen LogP contribution in [0, 0.1) is 23.7 Å². The summed E-state index contributed by atoms with van der Waals surface area (Å²) < 4.78 is 0. The molecule has 0 nitrogen and oxygen atoms in total. The molecule has 0 spiro atoms. The summed E-state index contributed by atoms with van der Waals surface area (Å²) in [4.78, 5) is 0. The number of rotatable bonds is 0. The van der Waals surface area contributed by atoms with Crippen LogP contribution < -0.4 is 0 Å². The Morgan fingerprint density at radius 1 is 1.00 bits per heavy atom. The second-order valence-electron chi connectivity index (χ2n) is 3.76. The number of allylic oxidation sites excluding steroid dienone is 4. The summed E-state index contributed by atoms with van der Waals surface area (Å²) >= 11 is 0. The van der Waals surface area contributed by atoms with E-state index in [1.54, 1.807) is 11.1 Å². The third-order valence-electron chi connectivity index (χ3n) is 3.55. The van der Waals surface area contributed by atoms with E-state index in [-0.39, 0.29) is 0 Å². The molecule has 9 heavy (non-hydrogen) atoms. The maximum absolute atomic E-state index is 2.44. The third-order valence-corrected chi connectivity index (χ3v) is 3.55. The minimum Gasteiger partial charge on any atom is -0.0769 e. The van der Waals surface area contributed by atoms with Crippen LogP contribution in [0.1, 0.15) is 6.42 Å². The molecule has 0 heterocycles. The predicted octanol–water partition coefficient (Wildman–Crippen LogP) is 1.75. The second kappa shape index (κ2) is 0.749. The first kappa shape index (κ1) is 3.60. The Bertz CT molecular complexity index is 234. The van der Waals surface area contributed by atoms with Gasteiger partial charge in [0.15, 0.2) is 0 Å². The first-order valence-corrected chi connectivity index (χ1v) is 3.89. The first-order chi connectivity index (χ1) is 4.48. The minimum atomic E-state index is 1.09. The molecule has 0 aliphatic heterocycles. The maximum Gasteiger partial charge on any atom is -0.00875 e. The van der Waals surface area contributed by atoms with Crippen LogP contribution in [0.2, 0.25) is 0 Å². The van der Waals surface area contributed by atoms with E-state index < -0.39 is 0 Å². The van der Waals surface area contributed by atoms with E-state index in [9.17, 15) is 0 Å². The standard InChI is InChI=1S/C9H8/c1-2-4-5(3-1)7-8-6(4)9(7)8/h2-3,6-9H,1H2. The highest BCUT2D eigenvalue weighted by Gasteiger charge is 2.80. The van der Waals surface area contributed by atoms with Crippen LogP contribution in [-0.4, -0.2) is 0 Å². The Hall–Kier alpha value is -0.520. The largest absolute Gasteiger partial charge is 0.0769 e. The van der Waals surface area contributed by atoms with E-state index in [1.165, 1.54) is 18.3 Å². The molecule has 4 saturated carbocycles. The van der Waals surface area contributed by atoms with Crippen LogP contribution >= 0.6 is 0 Å². The highest BCUT2D eigenvalue weighted by atomic mass is 14.8. The van der Waals surface area contributed by atoms with Crippen molar-refractivity contribution in [3.63, 3.8) is 0 Å². The van der Waals surface area contributed by atoms with Crippen molar-refractivity contribution in [2.24, 2.45) is 23.7 Å². The van der Waals surface area contributed by atoms with Crippen LogP contribution in [0.3, 0.4) is 0 Å². The van der Waals surface area contributed by atoms with Gasteiger partial charge in [0.25, 0.3) is 0 Å². The van der Waals surface area contributed by atoms with Crippen molar-refractivity contribution in [1.29, 1.82) is 0 Å². The Balaban J connectivity index is 2.10. The zero-order chi connectivity index (χ0) is 5.59. The molecular formula is C9H8. The third kappa shape index (κ3) is 0.200. The summed E-state index contributed by atoms with van der Waals surface area (Å²) in [6, 6.07) is 0. The fourth-order valence-corrected chi connectivity index (χ4v) is 3.05. The smallest absolute Gasteiger partial charge is 0.00875 e. The van der Waals surface area contributed by atoms with E-state index >= 15 is 0 Å². The van der Waals surface area contributed by atoms with Crippen molar-refractivity contribution in [2.45, 2.75) is 6.42 Å². The van der Waals surface area contributed by atoms with Gasteiger partial charge in [-0.15, -0.1) is 0 Å². The quantitative estimate of drug-likeness (QED) is 0.452. The Morgan fingerprint density at radius 3 is 2.11 bits per heavy atom. The van der Waals surface area contributed by atoms with E-state index in [1.807, 2.05) is 0 Å². The van der Waals surface area contributed by atoms with E-state index in [4.69, 9.17) is 0 Å². The molecule has 0 saturated heterocycles. The molecule has 2 bridgehead atoms. The fourth-order valence-electron chi connectivity index (χ4n) is 3.05. The van der Waals surface area contributed by atoms with Gasteiger partial charge >= 0.3 is 0 Å². The summed E-state index contributed by atoms with van der Waals surface area (Å²) in [5, 5.41) is 0. The molecule has 0 aromatic carbocycles. The summed E-state index contributed by atoms with van der Waals surface area (Å²) in [6.07, 6.45) is 6.14. The van der Waals surface area contributed by atoms with Crippen molar-refractivity contribution in [3.8, 4) is 0 Å². The van der Waals surface area contributed by atoms with Crippen molar-refractivity contribution in [1.82, 2.24) is 0 Å². The molecule has 0 heteroatoms. The summed E-state index contributed by atoms with van der Waals surface area (Å²) in [5.41, 5.74) is 3.52. The van der Waals surface area contributed by atoms with Crippen molar-refractivity contribution < 1.29 is 0 Å². The number of hydrogen-bond acceptors (Lipinski definition) is 0. The number of hydrogen-bond donors (Lipinski definition) is 0.